The van der Waals surface area contributed by atoms with E-state index < -0.39 is 5.97 Å². The first kappa shape index (κ1) is 14.8. The van der Waals surface area contributed by atoms with Crippen molar-refractivity contribution in [3.8, 4) is 0 Å². The van der Waals surface area contributed by atoms with E-state index in [1.165, 1.54) is 38.5 Å². The first-order valence-corrected chi connectivity index (χ1v) is 8.12. The van der Waals surface area contributed by atoms with Gasteiger partial charge in [-0.2, -0.15) is 0 Å². The minimum atomic E-state index is -0.581. The van der Waals surface area contributed by atoms with E-state index in [0.29, 0.717) is 17.9 Å². The third-order valence-corrected chi connectivity index (χ3v) is 5.17. The summed E-state index contributed by atoms with van der Waals surface area (Å²) >= 11 is 0. The largest absolute Gasteiger partial charge is 0.481 e. The van der Waals surface area contributed by atoms with E-state index in [2.05, 4.69) is 19.2 Å². The molecule has 2 aliphatic carbocycles. The van der Waals surface area contributed by atoms with Crippen LogP contribution in [0.2, 0.25) is 0 Å². The lowest BCUT2D eigenvalue weighted by Crippen LogP contribution is -2.47. The van der Waals surface area contributed by atoms with Crippen LogP contribution in [0.4, 0.5) is 0 Å². The van der Waals surface area contributed by atoms with Crippen molar-refractivity contribution < 1.29 is 9.90 Å². The second kappa shape index (κ2) is 6.74. The molecule has 0 aliphatic heterocycles. The van der Waals surface area contributed by atoms with Gasteiger partial charge in [0.05, 0.1) is 5.92 Å². The third kappa shape index (κ3) is 3.50. The van der Waals surface area contributed by atoms with Crippen LogP contribution in [-0.4, -0.2) is 23.2 Å². The summed E-state index contributed by atoms with van der Waals surface area (Å²) < 4.78 is 0. The van der Waals surface area contributed by atoms with Crippen molar-refractivity contribution in [2.45, 2.75) is 77.3 Å². The predicted octanol–water partition coefficient (Wildman–Crippen LogP) is 3.43. The molecule has 5 unspecified atom stereocenters. The quantitative estimate of drug-likeness (QED) is 0.662. The maximum atomic E-state index is 11.4. The molecule has 0 saturated heterocycles. The van der Waals surface area contributed by atoms with Gasteiger partial charge in [0.25, 0.3) is 0 Å². The molecular weight excluding hydrogens is 238 g/mol. The molecule has 0 heterocycles. The van der Waals surface area contributed by atoms with E-state index in [4.69, 9.17) is 0 Å². The van der Waals surface area contributed by atoms with Gasteiger partial charge in [-0.25, -0.2) is 0 Å². The van der Waals surface area contributed by atoms with Crippen LogP contribution in [0.15, 0.2) is 0 Å². The standard InChI is InChI=1S/C16H29NO2/c1-3-4-5-6-7-11(2)17-15-13-9-8-12(10-13)14(15)16(18)19/h11-15,17H,3-10H2,1-2H3,(H,18,19). The summed E-state index contributed by atoms with van der Waals surface area (Å²) in [5.74, 6) is 0.344. The van der Waals surface area contributed by atoms with Gasteiger partial charge in [0.15, 0.2) is 0 Å². The normalized spacial score (nSPS) is 34.6. The molecule has 2 fully saturated rings. The van der Waals surface area contributed by atoms with Crippen molar-refractivity contribution in [3.05, 3.63) is 0 Å². The molecule has 3 heteroatoms. The topological polar surface area (TPSA) is 49.3 Å². The average molecular weight is 267 g/mol. The van der Waals surface area contributed by atoms with E-state index in [1.54, 1.807) is 0 Å². The van der Waals surface area contributed by atoms with Crippen molar-refractivity contribution in [2.75, 3.05) is 0 Å². The number of carboxylic acid groups (broad SMARTS) is 1. The van der Waals surface area contributed by atoms with E-state index in [-0.39, 0.29) is 12.0 Å². The van der Waals surface area contributed by atoms with Gasteiger partial charge < -0.3 is 10.4 Å². The maximum absolute atomic E-state index is 11.4. The summed E-state index contributed by atoms with van der Waals surface area (Å²) in [5, 5.41) is 13.1. The summed E-state index contributed by atoms with van der Waals surface area (Å²) in [5.41, 5.74) is 0. The lowest BCUT2D eigenvalue weighted by Gasteiger charge is -2.31. The monoisotopic (exact) mass is 267 g/mol. The highest BCUT2D eigenvalue weighted by molar-refractivity contribution is 5.72. The fraction of sp³-hybridized carbons (Fsp3) is 0.938. The van der Waals surface area contributed by atoms with Gasteiger partial charge in [-0.3, -0.25) is 4.79 Å². The van der Waals surface area contributed by atoms with Crippen LogP contribution in [-0.2, 0) is 4.79 Å². The molecule has 2 rings (SSSR count). The predicted molar refractivity (Wildman–Crippen MR) is 77.1 cm³/mol. The van der Waals surface area contributed by atoms with E-state index in [1.807, 2.05) is 0 Å². The molecule has 2 aliphatic rings. The molecule has 0 radical (unpaired) electrons. The second-order valence-corrected chi connectivity index (χ2v) is 6.64. The molecular formula is C16H29NO2. The Balaban J connectivity index is 1.79. The SMILES string of the molecule is CCCCCCC(C)NC1C2CCC(C2)C1C(=O)O. The first-order chi connectivity index (χ1) is 9.13. The highest BCUT2D eigenvalue weighted by atomic mass is 16.4. The van der Waals surface area contributed by atoms with Crippen molar-refractivity contribution >= 4 is 5.97 Å². The van der Waals surface area contributed by atoms with E-state index in [0.717, 1.165) is 12.8 Å². The summed E-state index contributed by atoms with van der Waals surface area (Å²) in [6, 6.07) is 0.695. The molecule has 0 aromatic rings. The van der Waals surface area contributed by atoms with Crippen molar-refractivity contribution in [1.82, 2.24) is 5.32 Å². The zero-order valence-electron chi connectivity index (χ0n) is 12.4. The molecule has 2 N–H and O–H groups in total. The number of fused-ring (bicyclic) bond motifs is 2. The van der Waals surface area contributed by atoms with Gasteiger partial charge in [-0.1, -0.05) is 32.6 Å². The van der Waals surface area contributed by atoms with Crippen molar-refractivity contribution in [2.24, 2.45) is 17.8 Å². The number of unbranched alkanes of at least 4 members (excludes halogenated alkanes) is 3. The van der Waals surface area contributed by atoms with Crippen LogP contribution < -0.4 is 5.32 Å². The summed E-state index contributed by atoms with van der Waals surface area (Å²) in [4.78, 5) is 11.4. The highest BCUT2D eigenvalue weighted by Crippen LogP contribution is 2.48. The highest BCUT2D eigenvalue weighted by Gasteiger charge is 2.51. The number of nitrogens with one attached hydrogen (secondary N) is 1. The fourth-order valence-electron chi connectivity index (χ4n) is 4.18. The van der Waals surface area contributed by atoms with Gasteiger partial charge in [-0.15, -0.1) is 0 Å². The van der Waals surface area contributed by atoms with Crippen LogP contribution in [0, 0.1) is 17.8 Å². The van der Waals surface area contributed by atoms with Crippen molar-refractivity contribution in [3.63, 3.8) is 0 Å². The van der Waals surface area contributed by atoms with Gasteiger partial charge in [0.2, 0.25) is 0 Å². The van der Waals surface area contributed by atoms with Crippen LogP contribution in [0.3, 0.4) is 0 Å². The molecule has 0 aromatic carbocycles. The molecule has 0 amide bonds. The lowest BCUT2D eigenvalue weighted by molar-refractivity contribution is -0.144. The van der Waals surface area contributed by atoms with Crippen LogP contribution in [0.1, 0.15) is 65.2 Å². The zero-order valence-corrected chi connectivity index (χ0v) is 12.4. The van der Waals surface area contributed by atoms with Gasteiger partial charge in [0.1, 0.15) is 0 Å². The van der Waals surface area contributed by atoms with E-state index in [9.17, 15) is 9.90 Å². The Bertz CT molecular complexity index is 305. The Kier molecular flexibility index (Phi) is 5.26. The Labute approximate surface area is 117 Å². The minimum Gasteiger partial charge on any atom is -0.481 e. The number of aliphatic carboxylic acids is 1. The first-order valence-electron chi connectivity index (χ1n) is 8.12. The molecule has 2 bridgehead atoms. The molecule has 5 atom stereocenters. The number of hydrogen-bond donors (Lipinski definition) is 2. The van der Waals surface area contributed by atoms with Gasteiger partial charge in [-0.05, 0) is 44.4 Å². The Morgan fingerprint density at radius 2 is 2.00 bits per heavy atom. The Morgan fingerprint density at radius 1 is 1.26 bits per heavy atom. The molecule has 19 heavy (non-hydrogen) atoms. The maximum Gasteiger partial charge on any atom is 0.308 e. The van der Waals surface area contributed by atoms with E-state index >= 15 is 0 Å². The second-order valence-electron chi connectivity index (χ2n) is 6.64. The zero-order chi connectivity index (χ0) is 13.8. The number of carbonyl (C=O) groups is 1. The smallest absolute Gasteiger partial charge is 0.308 e. The summed E-state index contributed by atoms with van der Waals surface area (Å²) in [6.07, 6.45) is 9.84. The molecule has 110 valence electrons. The summed E-state index contributed by atoms with van der Waals surface area (Å²) in [7, 11) is 0. The van der Waals surface area contributed by atoms with Crippen LogP contribution in [0.5, 0.6) is 0 Å². The molecule has 0 aromatic heterocycles. The van der Waals surface area contributed by atoms with Crippen LogP contribution in [0.25, 0.3) is 0 Å². The van der Waals surface area contributed by atoms with Crippen LogP contribution >= 0.6 is 0 Å². The van der Waals surface area contributed by atoms with Gasteiger partial charge in [0, 0.05) is 12.1 Å². The third-order valence-electron chi connectivity index (χ3n) is 5.17. The summed E-state index contributed by atoms with van der Waals surface area (Å²) in [6.45, 7) is 4.45. The molecule has 0 spiro atoms. The Morgan fingerprint density at radius 3 is 2.68 bits per heavy atom. The van der Waals surface area contributed by atoms with Crippen molar-refractivity contribution in [1.29, 1.82) is 0 Å². The minimum absolute atomic E-state index is 0.128. The average Bonchev–Trinajstić information content (AvgIpc) is 2.95. The molecule has 2 saturated carbocycles. The van der Waals surface area contributed by atoms with Gasteiger partial charge >= 0.3 is 5.97 Å². The number of carboxylic acids is 1. The Hall–Kier alpha value is -0.570. The number of rotatable bonds is 8. The number of hydrogen-bond acceptors (Lipinski definition) is 2. The fourth-order valence-corrected chi connectivity index (χ4v) is 4.18. The lowest BCUT2D eigenvalue weighted by atomic mass is 9.84. The molecule has 3 nitrogen and oxygen atoms in total.